The van der Waals surface area contributed by atoms with E-state index in [-0.39, 0.29) is 0 Å². The van der Waals surface area contributed by atoms with Crippen LogP contribution in [-0.2, 0) is 4.79 Å². The van der Waals surface area contributed by atoms with Crippen molar-refractivity contribution in [3.05, 3.63) is 22.4 Å². The molecule has 1 N–H and O–H groups in total. The minimum Gasteiger partial charge on any atom is -0.323 e. The highest BCUT2D eigenvalue weighted by Gasteiger charge is 2.37. The summed E-state index contributed by atoms with van der Waals surface area (Å²) in [5.74, 6) is -0.736. The molecule has 17 heavy (non-hydrogen) atoms. The summed E-state index contributed by atoms with van der Waals surface area (Å²) in [5, 5.41) is 2.44. The van der Waals surface area contributed by atoms with Gasteiger partial charge in [-0.25, -0.2) is 13.8 Å². The smallest absolute Gasteiger partial charge is 0.252 e. The van der Waals surface area contributed by atoms with E-state index < -0.39 is 17.7 Å². The summed E-state index contributed by atoms with van der Waals surface area (Å²) >= 11 is 3.15. The van der Waals surface area contributed by atoms with Gasteiger partial charge in [0.25, 0.3) is 6.43 Å². The van der Waals surface area contributed by atoms with Gasteiger partial charge in [0.05, 0.1) is 5.69 Å². The summed E-state index contributed by atoms with van der Waals surface area (Å²) < 4.78 is 25.7. The number of amides is 1. The molecule has 0 saturated carbocycles. The Morgan fingerprint density at radius 3 is 2.65 bits per heavy atom. The molecule has 0 fully saturated rings. The third-order valence-corrected chi connectivity index (χ3v) is 2.99. The maximum atomic E-state index is 12.7. The number of carbonyl (C=O) groups excluding carboxylic acids is 1. The van der Waals surface area contributed by atoms with Gasteiger partial charge in [-0.2, -0.15) is 0 Å². The largest absolute Gasteiger partial charge is 0.323 e. The number of halogens is 3. The van der Waals surface area contributed by atoms with E-state index in [0.29, 0.717) is 10.3 Å². The summed E-state index contributed by atoms with van der Waals surface area (Å²) in [6.45, 7) is 4.20. The minimum absolute atomic E-state index is 0.392. The average Bonchev–Trinajstić information content (AvgIpc) is 2.23. The van der Waals surface area contributed by atoms with Gasteiger partial charge in [-0.1, -0.05) is 0 Å². The zero-order valence-corrected chi connectivity index (χ0v) is 11.3. The number of aromatic nitrogens is 1. The van der Waals surface area contributed by atoms with Crippen molar-refractivity contribution in [1.82, 2.24) is 4.98 Å². The number of nitrogens with zero attached hydrogens (tertiary/aromatic N) is 1. The fraction of sp³-hybridized carbons (Fsp3) is 0.455. The third-order valence-electron chi connectivity index (χ3n) is 2.35. The quantitative estimate of drug-likeness (QED) is 0.870. The Kier molecular flexibility index (Phi) is 4.19. The van der Waals surface area contributed by atoms with Gasteiger partial charge < -0.3 is 5.32 Å². The van der Waals surface area contributed by atoms with Crippen LogP contribution in [0, 0.1) is 12.3 Å². The van der Waals surface area contributed by atoms with Gasteiger partial charge in [0.1, 0.15) is 10.0 Å². The molecule has 0 saturated heterocycles. The van der Waals surface area contributed by atoms with Gasteiger partial charge in [-0.3, -0.25) is 4.79 Å². The minimum atomic E-state index is -2.72. The molecule has 3 nitrogen and oxygen atoms in total. The standard InChI is InChI=1S/C11H13BrF2N2O/c1-6-4-7(8(12)15-5-6)16-10(17)11(2,3)9(13)14/h4-5,9H,1-3H3,(H,16,17). The number of pyridine rings is 1. The van der Waals surface area contributed by atoms with Crippen LogP contribution in [-0.4, -0.2) is 17.3 Å². The molecular formula is C11H13BrF2N2O. The number of hydrogen-bond donors (Lipinski definition) is 1. The highest BCUT2D eigenvalue weighted by atomic mass is 79.9. The second kappa shape index (κ2) is 5.08. The number of hydrogen-bond acceptors (Lipinski definition) is 2. The van der Waals surface area contributed by atoms with Gasteiger partial charge in [0, 0.05) is 6.20 Å². The SMILES string of the molecule is Cc1cnc(Br)c(NC(=O)C(C)(C)C(F)F)c1. The van der Waals surface area contributed by atoms with Crippen molar-refractivity contribution in [3.8, 4) is 0 Å². The lowest BCUT2D eigenvalue weighted by Gasteiger charge is -2.22. The fourth-order valence-electron chi connectivity index (χ4n) is 1.02. The molecule has 0 aliphatic heterocycles. The highest BCUT2D eigenvalue weighted by molar-refractivity contribution is 9.10. The van der Waals surface area contributed by atoms with Crippen LogP contribution in [0.25, 0.3) is 0 Å². The van der Waals surface area contributed by atoms with E-state index in [4.69, 9.17) is 0 Å². The Balaban J connectivity index is 2.92. The van der Waals surface area contributed by atoms with Crippen molar-refractivity contribution >= 4 is 27.5 Å². The molecule has 0 radical (unpaired) electrons. The molecular weight excluding hydrogens is 294 g/mol. The summed E-state index contributed by atoms with van der Waals surface area (Å²) in [6, 6.07) is 1.66. The Hall–Kier alpha value is -1.04. The van der Waals surface area contributed by atoms with Crippen LogP contribution in [0.5, 0.6) is 0 Å². The molecule has 0 unspecified atom stereocenters. The Morgan fingerprint density at radius 1 is 1.53 bits per heavy atom. The van der Waals surface area contributed by atoms with E-state index in [1.54, 1.807) is 19.2 Å². The normalized spacial score (nSPS) is 11.7. The predicted molar refractivity (Wildman–Crippen MR) is 65.1 cm³/mol. The van der Waals surface area contributed by atoms with Crippen molar-refractivity contribution < 1.29 is 13.6 Å². The van der Waals surface area contributed by atoms with Crippen LogP contribution in [0.1, 0.15) is 19.4 Å². The summed E-state index contributed by atoms with van der Waals surface area (Å²) in [6.07, 6.45) is -1.11. The van der Waals surface area contributed by atoms with Crippen LogP contribution in [0.2, 0.25) is 0 Å². The van der Waals surface area contributed by atoms with Crippen molar-refractivity contribution in [1.29, 1.82) is 0 Å². The van der Waals surface area contributed by atoms with Crippen molar-refractivity contribution in [2.24, 2.45) is 5.41 Å². The summed E-state index contributed by atoms with van der Waals surface area (Å²) in [4.78, 5) is 15.7. The number of rotatable bonds is 3. The van der Waals surface area contributed by atoms with Gasteiger partial charge in [-0.15, -0.1) is 0 Å². The van der Waals surface area contributed by atoms with Gasteiger partial charge in [-0.05, 0) is 48.3 Å². The van der Waals surface area contributed by atoms with Crippen LogP contribution in [0.4, 0.5) is 14.5 Å². The molecule has 94 valence electrons. The first-order valence-electron chi connectivity index (χ1n) is 4.97. The molecule has 0 atom stereocenters. The zero-order chi connectivity index (χ0) is 13.2. The van der Waals surface area contributed by atoms with E-state index in [9.17, 15) is 13.6 Å². The maximum Gasteiger partial charge on any atom is 0.252 e. The number of aryl methyl sites for hydroxylation is 1. The lowest BCUT2D eigenvalue weighted by Crippen LogP contribution is -2.37. The molecule has 0 bridgehead atoms. The molecule has 1 aromatic heterocycles. The molecule has 6 heteroatoms. The summed E-state index contributed by atoms with van der Waals surface area (Å²) in [7, 11) is 0. The first-order valence-corrected chi connectivity index (χ1v) is 5.76. The maximum absolute atomic E-state index is 12.7. The molecule has 1 rings (SSSR count). The van der Waals surface area contributed by atoms with Crippen LogP contribution >= 0.6 is 15.9 Å². The van der Waals surface area contributed by atoms with Crippen LogP contribution in [0.15, 0.2) is 16.9 Å². The van der Waals surface area contributed by atoms with E-state index in [1.165, 1.54) is 13.8 Å². The van der Waals surface area contributed by atoms with E-state index >= 15 is 0 Å². The second-order valence-electron chi connectivity index (χ2n) is 4.33. The zero-order valence-electron chi connectivity index (χ0n) is 9.72. The average molecular weight is 307 g/mol. The fourth-order valence-corrected chi connectivity index (χ4v) is 1.34. The van der Waals surface area contributed by atoms with Gasteiger partial charge in [0.2, 0.25) is 5.91 Å². The topological polar surface area (TPSA) is 42.0 Å². The van der Waals surface area contributed by atoms with Crippen molar-refractivity contribution in [2.75, 3.05) is 5.32 Å². The molecule has 0 aromatic carbocycles. The number of carbonyl (C=O) groups is 1. The van der Waals surface area contributed by atoms with Crippen LogP contribution < -0.4 is 5.32 Å². The first kappa shape index (κ1) is 14.0. The van der Waals surface area contributed by atoms with E-state index in [1.807, 2.05) is 0 Å². The highest BCUT2D eigenvalue weighted by Crippen LogP contribution is 2.28. The predicted octanol–water partition coefficient (Wildman–Crippen LogP) is 3.38. The number of alkyl halides is 2. The van der Waals surface area contributed by atoms with E-state index in [2.05, 4.69) is 26.2 Å². The molecule has 1 aromatic rings. The lowest BCUT2D eigenvalue weighted by molar-refractivity contribution is -0.131. The summed E-state index contributed by atoms with van der Waals surface area (Å²) in [5.41, 5.74) is -0.509. The Bertz CT molecular complexity index is 435. The Morgan fingerprint density at radius 2 is 2.12 bits per heavy atom. The second-order valence-corrected chi connectivity index (χ2v) is 5.08. The third kappa shape index (κ3) is 3.21. The lowest BCUT2D eigenvalue weighted by atomic mass is 9.93. The molecule has 0 spiro atoms. The van der Waals surface area contributed by atoms with Gasteiger partial charge in [0.15, 0.2) is 0 Å². The molecule has 0 aliphatic carbocycles. The molecule has 1 amide bonds. The van der Waals surface area contributed by atoms with E-state index in [0.717, 1.165) is 5.56 Å². The Labute approximate surface area is 107 Å². The molecule has 1 heterocycles. The number of nitrogens with one attached hydrogen (secondary N) is 1. The van der Waals surface area contributed by atoms with Crippen LogP contribution in [0.3, 0.4) is 0 Å². The van der Waals surface area contributed by atoms with Crippen molar-refractivity contribution in [3.63, 3.8) is 0 Å². The number of anilines is 1. The van der Waals surface area contributed by atoms with Gasteiger partial charge >= 0.3 is 0 Å². The monoisotopic (exact) mass is 306 g/mol. The molecule has 0 aliphatic rings. The first-order chi connectivity index (χ1) is 7.75. The van der Waals surface area contributed by atoms with Crippen molar-refractivity contribution in [2.45, 2.75) is 27.2 Å².